The van der Waals surface area contributed by atoms with Gasteiger partial charge in [-0.2, -0.15) is 0 Å². The van der Waals surface area contributed by atoms with E-state index in [2.05, 4.69) is 5.32 Å². The number of esters is 1. The van der Waals surface area contributed by atoms with Crippen LogP contribution in [-0.4, -0.2) is 66.1 Å². The van der Waals surface area contributed by atoms with Crippen LogP contribution < -0.4 is 5.32 Å². The van der Waals surface area contributed by atoms with Crippen LogP contribution in [0.15, 0.2) is 48.5 Å². The van der Waals surface area contributed by atoms with Gasteiger partial charge in [-0.3, -0.25) is 24.1 Å². The summed E-state index contributed by atoms with van der Waals surface area (Å²) in [5.74, 6) is -3.17. The standard InChI is InChI=1S/C24H25N3O6/c1-14(2)20(27-22(30)17-7-5-6-8-18(17)23(27)31)24(32)33-13-19(28)25-16-11-9-15(10-12-16)21(29)26(3)4/h5-12,14,20H,13H2,1-4H3,(H,25,28). The average molecular weight is 451 g/mol. The smallest absolute Gasteiger partial charge is 0.330 e. The number of imide groups is 1. The van der Waals surface area contributed by atoms with Gasteiger partial charge in [0.05, 0.1) is 11.1 Å². The summed E-state index contributed by atoms with van der Waals surface area (Å²) >= 11 is 0. The van der Waals surface area contributed by atoms with Gasteiger partial charge in [0.25, 0.3) is 23.6 Å². The van der Waals surface area contributed by atoms with Crippen molar-refractivity contribution in [1.82, 2.24) is 9.80 Å². The van der Waals surface area contributed by atoms with Crippen molar-refractivity contribution in [2.45, 2.75) is 19.9 Å². The summed E-state index contributed by atoms with van der Waals surface area (Å²) < 4.78 is 5.14. The lowest BCUT2D eigenvalue weighted by Gasteiger charge is -2.27. The number of fused-ring (bicyclic) bond motifs is 1. The molecule has 1 heterocycles. The Morgan fingerprint density at radius 1 is 0.939 bits per heavy atom. The fourth-order valence-corrected chi connectivity index (χ4v) is 3.51. The van der Waals surface area contributed by atoms with Crippen molar-refractivity contribution in [2.24, 2.45) is 5.92 Å². The van der Waals surface area contributed by atoms with Crippen molar-refractivity contribution in [3.63, 3.8) is 0 Å². The lowest BCUT2D eigenvalue weighted by Crippen LogP contribution is -2.49. The molecule has 2 aromatic rings. The minimum Gasteiger partial charge on any atom is -0.454 e. The number of rotatable bonds is 7. The highest BCUT2D eigenvalue weighted by Gasteiger charge is 2.44. The summed E-state index contributed by atoms with van der Waals surface area (Å²) in [5.41, 5.74) is 1.35. The van der Waals surface area contributed by atoms with Crippen molar-refractivity contribution in [2.75, 3.05) is 26.0 Å². The Hall–Kier alpha value is -4.01. The first-order chi connectivity index (χ1) is 15.6. The lowest BCUT2D eigenvalue weighted by atomic mass is 10.0. The number of nitrogens with one attached hydrogen (secondary N) is 1. The maximum atomic E-state index is 12.8. The van der Waals surface area contributed by atoms with E-state index in [1.54, 1.807) is 64.3 Å². The fourth-order valence-electron chi connectivity index (χ4n) is 3.51. The molecule has 0 saturated carbocycles. The molecule has 0 spiro atoms. The normalized spacial score (nSPS) is 13.5. The zero-order valence-corrected chi connectivity index (χ0v) is 18.8. The Kier molecular flexibility index (Phi) is 6.91. The molecule has 3 rings (SSSR count). The Balaban J connectivity index is 1.63. The Labute approximate surface area is 191 Å². The second-order valence-corrected chi connectivity index (χ2v) is 8.15. The van der Waals surface area contributed by atoms with E-state index in [-0.39, 0.29) is 17.0 Å². The number of hydrogen-bond acceptors (Lipinski definition) is 6. The molecular weight excluding hydrogens is 426 g/mol. The van der Waals surface area contributed by atoms with Gasteiger partial charge >= 0.3 is 5.97 Å². The highest BCUT2D eigenvalue weighted by Crippen LogP contribution is 2.27. The highest BCUT2D eigenvalue weighted by atomic mass is 16.5. The predicted octanol–water partition coefficient (Wildman–Crippen LogP) is 2.19. The van der Waals surface area contributed by atoms with E-state index in [4.69, 9.17) is 4.74 Å². The molecule has 1 N–H and O–H groups in total. The minimum absolute atomic E-state index is 0.172. The molecule has 1 aliphatic heterocycles. The third-order valence-electron chi connectivity index (χ3n) is 5.14. The van der Waals surface area contributed by atoms with Crippen LogP contribution in [0.1, 0.15) is 44.9 Å². The molecule has 9 nitrogen and oxygen atoms in total. The largest absolute Gasteiger partial charge is 0.454 e. The van der Waals surface area contributed by atoms with Crippen LogP contribution in [0.4, 0.5) is 5.69 Å². The van der Waals surface area contributed by atoms with Crippen LogP contribution in [0, 0.1) is 5.92 Å². The van der Waals surface area contributed by atoms with Gasteiger partial charge in [-0.1, -0.05) is 26.0 Å². The van der Waals surface area contributed by atoms with Gasteiger partial charge in [-0.15, -0.1) is 0 Å². The van der Waals surface area contributed by atoms with E-state index in [0.717, 1.165) is 4.90 Å². The molecular formula is C24H25N3O6. The Morgan fingerprint density at radius 3 is 1.97 bits per heavy atom. The van der Waals surface area contributed by atoms with E-state index in [0.29, 0.717) is 11.3 Å². The van der Waals surface area contributed by atoms with Crippen LogP contribution in [0.25, 0.3) is 0 Å². The molecule has 4 amide bonds. The van der Waals surface area contributed by atoms with E-state index >= 15 is 0 Å². The Morgan fingerprint density at radius 2 is 1.48 bits per heavy atom. The molecule has 1 unspecified atom stereocenters. The van der Waals surface area contributed by atoms with E-state index in [1.165, 1.54) is 17.0 Å². The van der Waals surface area contributed by atoms with Crippen molar-refractivity contribution in [1.29, 1.82) is 0 Å². The summed E-state index contributed by atoms with van der Waals surface area (Å²) in [7, 11) is 3.28. The van der Waals surface area contributed by atoms with Gasteiger partial charge in [-0.05, 0) is 42.3 Å². The second kappa shape index (κ2) is 9.64. The molecule has 0 bridgehead atoms. The topological polar surface area (TPSA) is 113 Å². The maximum absolute atomic E-state index is 12.8. The quantitative estimate of drug-likeness (QED) is 0.510. The van der Waals surface area contributed by atoms with Crippen molar-refractivity contribution in [3.8, 4) is 0 Å². The molecule has 0 radical (unpaired) electrons. The van der Waals surface area contributed by atoms with Crippen LogP contribution in [0.2, 0.25) is 0 Å². The van der Waals surface area contributed by atoms with Crippen LogP contribution in [-0.2, 0) is 14.3 Å². The van der Waals surface area contributed by atoms with Crippen molar-refractivity contribution < 1.29 is 28.7 Å². The third-order valence-corrected chi connectivity index (χ3v) is 5.14. The monoisotopic (exact) mass is 451 g/mol. The van der Waals surface area contributed by atoms with Crippen molar-refractivity contribution >= 4 is 35.3 Å². The third kappa shape index (κ3) is 4.92. The SMILES string of the molecule is CC(C)C(C(=O)OCC(=O)Nc1ccc(C(=O)N(C)C)cc1)N1C(=O)c2ccccc2C1=O. The molecule has 1 atom stereocenters. The molecule has 0 fully saturated rings. The molecule has 2 aromatic carbocycles. The molecule has 0 aliphatic carbocycles. The van der Waals surface area contributed by atoms with Gasteiger partial charge in [0, 0.05) is 25.3 Å². The predicted molar refractivity (Wildman–Crippen MR) is 120 cm³/mol. The second-order valence-electron chi connectivity index (χ2n) is 8.15. The highest BCUT2D eigenvalue weighted by molar-refractivity contribution is 6.22. The van der Waals surface area contributed by atoms with E-state index in [9.17, 15) is 24.0 Å². The molecule has 172 valence electrons. The first-order valence-corrected chi connectivity index (χ1v) is 10.4. The summed E-state index contributed by atoms with van der Waals surface area (Å²) in [6.07, 6.45) is 0. The summed E-state index contributed by atoms with van der Waals surface area (Å²) in [4.78, 5) is 64.8. The lowest BCUT2D eigenvalue weighted by molar-refractivity contribution is -0.152. The van der Waals surface area contributed by atoms with Gasteiger partial charge < -0.3 is 15.0 Å². The number of carbonyl (C=O) groups is 5. The minimum atomic E-state index is -1.17. The number of anilines is 1. The average Bonchev–Trinajstić information content (AvgIpc) is 3.03. The summed E-state index contributed by atoms with van der Waals surface area (Å²) in [5, 5.41) is 2.57. The van der Waals surface area contributed by atoms with Gasteiger partial charge in [0.2, 0.25) is 0 Å². The van der Waals surface area contributed by atoms with E-state index in [1.807, 2.05) is 0 Å². The van der Waals surface area contributed by atoms with Crippen LogP contribution in [0.5, 0.6) is 0 Å². The first-order valence-electron chi connectivity index (χ1n) is 10.4. The van der Waals surface area contributed by atoms with Gasteiger partial charge in [0.1, 0.15) is 6.04 Å². The van der Waals surface area contributed by atoms with Crippen LogP contribution in [0.3, 0.4) is 0 Å². The molecule has 1 aliphatic rings. The molecule has 33 heavy (non-hydrogen) atoms. The molecule has 9 heteroatoms. The number of amides is 4. The zero-order chi connectivity index (χ0) is 24.3. The Bertz CT molecular complexity index is 1070. The number of nitrogens with zero attached hydrogens (tertiary/aromatic N) is 2. The molecule has 0 saturated heterocycles. The van der Waals surface area contributed by atoms with E-state index < -0.39 is 42.3 Å². The van der Waals surface area contributed by atoms with Gasteiger partial charge in [0.15, 0.2) is 6.61 Å². The van der Waals surface area contributed by atoms with Crippen molar-refractivity contribution in [3.05, 3.63) is 65.2 Å². The molecule has 0 aromatic heterocycles. The number of ether oxygens (including phenoxy) is 1. The number of carbonyl (C=O) groups excluding carboxylic acids is 5. The maximum Gasteiger partial charge on any atom is 0.330 e. The summed E-state index contributed by atoms with van der Waals surface area (Å²) in [6.45, 7) is 2.78. The summed E-state index contributed by atoms with van der Waals surface area (Å²) in [6, 6.07) is 11.4. The number of hydrogen-bond donors (Lipinski definition) is 1. The van der Waals surface area contributed by atoms with Gasteiger partial charge in [-0.25, -0.2) is 4.79 Å². The first kappa shape index (κ1) is 23.6. The fraction of sp³-hybridized carbons (Fsp3) is 0.292. The number of benzene rings is 2. The van der Waals surface area contributed by atoms with Crippen LogP contribution >= 0.6 is 0 Å². The zero-order valence-electron chi connectivity index (χ0n) is 18.8.